The molecule has 2 aliphatic heterocycles. The molecular formula is C20H27N5O5S. The summed E-state index contributed by atoms with van der Waals surface area (Å²) in [4.78, 5) is 46.3. The minimum absolute atomic E-state index is 0.281. The first-order valence-electron chi connectivity index (χ1n) is 10.0. The lowest BCUT2D eigenvalue weighted by Gasteiger charge is -2.32. The van der Waals surface area contributed by atoms with Gasteiger partial charge in [-0.25, -0.2) is 9.78 Å². The first kappa shape index (κ1) is 22.9. The van der Waals surface area contributed by atoms with E-state index in [0.717, 1.165) is 37.7 Å². The Kier molecular flexibility index (Phi) is 7.04. The van der Waals surface area contributed by atoms with E-state index in [9.17, 15) is 14.4 Å². The van der Waals surface area contributed by atoms with Gasteiger partial charge in [-0.15, -0.1) is 0 Å². The number of anilines is 1. The molecule has 1 aromatic rings. The fraction of sp³-hybridized carbons (Fsp3) is 0.550. The highest BCUT2D eigenvalue weighted by Crippen LogP contribution is 2.27. The van der Waals surface area contributed by atoms with Gasteiger partial charge in [0.2, 0.25) is 11.8 Å². The standard InChI is InChI=1S/C20H27N5O5S/c1-20(2,3)30-18(27)21-11-12-5-7-25(8-6-12)17-22-13(10-15(23-17)29-4)9-14-16(26)24-19(28)31-14/h9-10,12H,5-8,11H2,1-4H3,(H,21,27)(H,24,26,28)/b14-9-. The smallest absolute Gasteiger partial charge is 0.407 e. The molecule has 2 fully saturated rings. The molecule has 168 valence electrons. The fourth-order valence-electron chi connectivity index (χ4n) is 3.18. The third kappa shape index (κ3) is 6.58. The van der Waals surface area contributed by atoms with Crippen LogP contribution in [0.5, 0.6) is 5.88 Å². The fourth-order valence-corrected chi connectivity index (χ4v) is 3.85. The maximum Gasteiger partial charge on any atom is 0.407 e. The molecule has 0 bridgehead atoms. The van der Waals surface area contributed by atoms with Gasteiger partial charge >= 0.3 is 6.09 Å². The lowest BCUT2D eigenvalue weighted by molar-refractivity contribution is -0.115. The van der Waals surface area contributed by atoms with E-state index in [-0.39, 0.29) is 4.91 Å². The lowest BCUT2D eigenvalue weighted by Crippen LogP contribution is -2.40. The minimum atomic E-state index is -0.519. The molecule has 0 radical (unpaired) electrons. The molecule has 0 aromatic carbocycles. The monoisotopic (exact) mass is 449 g/mol. The molecule has 3 amide bonds. The van der Waals surface area contributed by atoms with Gasteiger partial charge in [-0.3, -0.25) is 14.9 Å². The minimum Gasteiger partial charge on any atom is -0.481 e. The summed E-state index contributed by atoms with van der Waals surface area (Å²) in [6, 6.07) is 1.62. The van der Waals surface area contributed by atoms with Crippen molar-refractivity contribution in [1.29, 1.82) is 0 Å². The Hall–Kier alpha value is -2.82. The Bertz CT molecular complexity index is 890. The number of thioether (sulfide) groups is 1. The summed E-state index contributed by atoms with van der Waals surface area (Å²) in [5.41, 5.74) is -0.0299. The van der Waals surface area contributed by atoms with Gasteiger partial charge in [0, 0.05) is 25.7 Å². The second-order valence-corrected chi connectivity index (χ2v) is 9.32. The van der Waals surface area contributed by atoms with Crippen LogP contribution in [0.2, 0.25) is 0 Å². The van der Waals surface area contributed by atoms with Crippen molar-refractivity contribution >= 4 is 41.0 Å². The van der Waals surface area contributed by atoms with Crippen molar-refractivity contribution in [1.82, 2.24) is 20.6 Å². The topological polar surface area (TPSA) is 123 Å². The molecule has 2 aliphatic rings. The average Bonchev–Trinajstić information content (AvgIpc) is 3.02. The molecular weight excluding hydrogens is 422 g/mol. The number of hydrogen-bond donors (Lipinski definition) is 2. The summed E-state index contributed by atoms with van der Waals surface area (Å²) in [6.45, 7) is 7.49. The van der Waals surface area contributed by atoms with Crippen molar-refractivity contribution in [3.8, 4) is 5.88 Å². The summed E-state index contributed by atoms with van der Waals surface area (Å²) in [5, 5.41) is 4.65. The Morgan fingerprint density at radius 2 is 2.03 bits per heavy atom. The number of rotatable bonds is 5. The van der Waals surface area contributed by atoms with Gasteiger partial charge in [0.05, 0.1) is 17.7 Å². The van der Waals surface area contributed by atoms with E-state index in [4.69, 9.17) is 9.47 Å². The number of amides is 3. The predicted octanol–water partition coefficient (Wildman–Crippen LogP) is 2.55. The number of alkyl carbamates (subject to hydrolysis) is 1. The molecule has 3 rings (SSSR count). The van der Waals surface area contributed by atoms with Crippen LogP contribution in [0.25, 0.3) is 6.08 Å². The van der Waals surface area contributed by atoms with E-state index in [2.05, 4.69) is 20.6 Å². The third-order valence-electron chi connectivity index (χ3n) is 4.67. The first-order valence-corrected chi connectivity index (χ1v) is 10.8. The number of aromatic nitrogens is 2. The lowest BCUT2D eigenvalue weighted by atomic mass is 9.97. The molecule has 11 heteroatoms. The van der Waals surface area contributed by atoms with Gasteiger partial charge in [-0.2, -0.15) is 4.98 Å². The van der Waals surface area contributed by atoms with Gasteiger partial charge in [0.1, 0.15) is 5.60 Å². The molecule has 2 saturated heterocycles. The number of nitrogens with one attached hydrogen (secondary N) is 2. The molecule has 10 nitrogen and oxygen atoms in total. The van der Waals surface area contributed by atoms with Crippen LogP contribution in [0.3, 0.4) is 0 Å². The Balaban J connectivity index is 1.61. The zero-order valence-electron chi connectivity index (χ0n) is 18.1. The van der Waals surface area contributed by atoms with E-state index in [1.165, 1.54) is 7.11 Å². The highest BCUT2D eigenvalue weighted by atomic mass is 32.2. The number of ether oxygens (including phenoxy) is 2. The highest BCUT2D eigenvalue weighted by Gasteiger charge is 2.26. The quantitative estimate of drug-likeness (QED) is 0.653. The molecule has 31 heavy (non-hydrogen) atoms. The largest absolute Gasteiger partial charge is 0.481 e. The van der Waals surface area contributed by atoms with Crippen LogP contribution in [0.1, 0.15) is 39.3 Å². The van der Waals surface area contributed by atoms with E-state index in [1.807, 2.05) is 25.7 Å². The van der Waals surface area contributed by atoms with E-state index in [0.29, 0.717) is 30.0 Å². The van der Waals surface area contributed by atoms with Crippen LogP contribution in [0.15, 0.2) is 11.0 Å². The zero-order chi connectivity index (χ0) is 22.6. The summed E-state index contributed by atoms with van der Waals surface area (Å²) < 4.78 is 10.6. The van der Waals surface area contributed by atoms with Crippen LogP contribution in [0, 0.1) is 5.92 Å². The second-order valence-electron chi connectivity index (χ2n) is 8.30. The maximum absolute atomic E-state index is 11.8. The van der Waals surface area contributed by atoms with Gasteiger partial charge in [0.15, 0.2) is 0 Å². The number of imide groups is 1. The SMILES string of the molecule is COc1cc(/C=C2\SC(=O)NC2=O)nc(N2CCC(CNC(=O)OC(C)(C)C)CC2)n1. The van der Waals surface area contributed by atoms with E-state index < -0.39 is 22.8 Å². The molecule has 0 unspecified atom stereocenters. The number of carbonyl (C=O) groups is 3. The first-order chi connectivity index (χ1) is 14.6. The van der Waals surface area contributed by atoms with Crippen molar-refractivity contribution in [3.05, 3.63) is 16.7 Å². The molecule has 0 aliphatic carbocycles. The number of nitrogens with zero attached hydrogens (tertiary/aromatic N) is 3. The molecule has 3 heterocycles. The summed E-state index contributed by atoms with van der Waals surface area (Å²) in [5.74, 6) is 0.771. The molecule has 0 spiro atoms. The molecule has 2 N–H and O–H groups in total. The van der Waals surface area contributed by atoms with E-state index in [1.54, 1.807) is 12.1 Å². The van der Waals surface area contributed by atoms with Crippen molar-refractivity contribution < 1.29 is 23.9 Å². The zero-order valence-corrected chi connectivity index (χ0v) is 18.9. The summed E-state index contributed by atoms with van der Waals surface area (Å²) >= 11 is 0.837. The number of hydrogen-bond acceptors (Lipinski definition) is 9. The van der Waals surface area contributed by atoms with Gasteiger partial charge in [-0.05, 0) is 57.4 Å². The second kappa shape index (κ2) is 9.54. The third-order valence-corrected chi connectivity index (χ3v) is 5.48. The summed E-state index contributed by atoms with van der Waals surface area (Å²) in [6.07, 6.45) is 2.87. The Morgan fingerprint density at radius 3 is 2.61 bits per heavy atom. The average molecular weight is 450 g/mol. The van der Waals surface area contributed by atoms with Crippen LogP contribution < -0.4 is 20.3 Å². The highest BCUT2D eigenvalue weighted by molar-refractivity contribution is 8.18. The van der Waals surface area contributed by atoms with Crippen molar-refractivity contribution in [2.24, 2.45) is 5.92 Å². The van der Waals surface area contributed by atoms with Crippen LogP contribution in [-0.2, 0) is 9.53 Å². The van der Waals surface area contributed by atoms with Crippen molar-refractivity contribution in [3.63, 3.8) is 0 Å². The van der Waals surface area contributed by atoms with Crippen LogP contribution >= 0.6 is 11.8 Å². The Morgan fingerprint density at radius 1 is 1.32 bits per heavy atom. The van der Waals surface area contributed by atoms with Crippen LogP contribution in [0.4, 0.5) is 15.5 Å². The van der Waals surface area contributed by atoms with Gasteiger partial charge in [0.25, 0.3) is 11.1 Å². The maximum atomic E-state index is 11.8. The normalized spacial score (nSPS) is 18.8. The van der Waals surface area contributed by atoms with Crippen molar-refractivity contribution in [2.75, 3.05) is 31.6 Å². The summed E-state index contributed by atoms with van der Waals surface area (Å²) in [7, 11) is 1.51. The predicted molar refractivity (Wildman–Crippen MR) is 117 cm³/mol. The molecule has 0 atom stereocenters. The van der Waals surface area contributed by atoms with E-state index >= 15 is 0 Å². The number of carbonyl (C=O) groups excluding carboxylic acids is 3. The van der Waals surface area contributed by atoms with Crippen molar-refractivity contribution in [2.45, 2.75) is 39.2 Å². The molecule has 0 saturated carbocycles. The Labute approximate surface area is 185 Å². The molecule has 1 aromatic heterocycles. The van der Waals surface area contributed by atoms with Gasteiger partial charge in [-0.1, -0.05) is 0 Å². The van der Waals surface area contributed by atoms with Crippen LogP contribution in [-0.4, -0.2) is 59.6 Å². The van der Waals surface area contributed by atoms with Gasteiger partial charge < -0.3 is 19.7 Å². The number of piperidine rings is 1. The number of methoxy groups -OCH3 is 1.